The van der Waals surface area contributed by atoms with Crippen LogP contribution in [-0.2, 0) is 21.2 Å². The number of sulfonamides is 1. The summed E-state index contributed by atoms with van der Waals surface area (Å²) in [6.07, 6.45) is 0.327. The summed E-state index contributed by atoms with van der Waals surface area (Å²) in [5, 5.41) is 0. The molecule has 7 heteroatoms. The average molecular weight is 363 g/mol. The SMILES string of the molecule is CCOC(=O)c1ccccc1NS(=O)(=O)CCc1cccc(OC)c1. The van der Waals surface area contributed by atoms with E-state index in [1.54, 1.807) is 38.3 Å². The third kappa shape index (κ3) is 5.49. The van der Waals surface area contributed by atoms with Gasteiger partial charge in [-0.1, -0.05) is 24.3 Å². The molecule has 0 spiro atoms. The molecule has 0 bridgehead atoms. The van der Waals surface area contributed by atoms with Gasteiger partial charge in [0, 0.05) is 0 Å². The number of methoxy groups -OCH3 is 1. The molecule has 0 aliphatic carbocycles. The van der Waals surface area contributed by atoms with E-state index in [4.69, 9.17) is 9.47 Å². The fourth-order valence-electron chi connectivity index (χ4n) is 2.26. The topological polar surface area (TPSA) is 81.7 Å². The lowest BCUT2D eigenvalue weighted by Crippen LogP contribution is -2.20. The molecular weight excluding hydrogens is 342 g/mol. The highest BCUT2D eigenvalue weighted by Crippen LogP contribution is 2.19. The van der Waals surface area contributed by atoms with Crippen LogP contribution in [-0.4, -0.2) is 33.9 Å². The standard InChI is InChI=1S/C18H21NO5S/c1-3-24-18(20)16-9-4-5-10-17(16)19-25(21,22)12-11-14-7-6-8-15(13-14)23-2/h4-10,13,19H,3,11-12H2,1-2H3. The van der Waals surface area contributed by atoms with Gasteiger partial charge in [-0.3, -0.25) is 4.72 Å². The Morgan fingerprint density at radius 2 is 1.88 bits per heavy atom. The normalized spacial score (nSPS) is 11.0. The smallest absolute Gasteiger partial charge is 0.340 e. The van der Waals surface area contributed by atoms with Crippen LogP contribution in [0, 0.1) is 0 Å². The summed E-state index contributed by atoms with van der Waals surface area (Å²) in [5.74, 6) is 0.00115. The Kier molecular flexibility index (Phi) is 6.41. The van der Waals surface area contributed by atoms with Crippen LogP contribution in [0.5, 0.6) is 5.75 Å². The maximum absolute atomic E-state index is 12.4. The lowest BCUT2D eigenvalue weighted by atomic mass is 10.2. The Morgan fingerprint density at radius 1 is 1.12 bits per heavy atom. The van der Waals surface area contributed by atoms with Crippen LogP contribution >= 0.6 is 0 Å². The Balaban J connectivity index is 2.10. The van der Waals surface area contributed by atoms with Crippen molar-refractivity contribution >= 4 is 21.7 Å². The molecule has 134 valence electrons. The van der Waals surface area contributed by atoms with Crippen molar-refractivity contribution < 1.29 is 22.7 Å². The molecule has 6 nitrogen and oxygen atoms in total. The van der Waals surface area contributed by atoms with Crippen molar-refractivity contribution in [3.8, 4) is 5.75 Å². The first-order chi connectivity index (χ1) is 11.9. The van der Waals surface area contributed by atoms with Crippen LogP contribution in [0.3, 0.4) is 0 Å². The Labute approximate surface area is 147 Å². The molecular formula is C18H21NO5S. The fraction of sp³-hybridized carbons (Fsp3) is 0.278. The fourth-order valence-corrected chi connectivity index (χ4v) is 3.38. The summed E-state index contributed by atoms with van der Waals surface area (Å²) in [4.78, 5) is 11.9. The molecule has 0 heterocycles. The minimum atomic E-state index is -3.62. The lowest BCUT2D eigenvalue weighted by Gasteiger charge is -2.12. The van der Waals surface area contributed by atoms with Crippen molar-refractivity contribution in [2.45, 2.75) is 13.3 Å². The summed E-state index contributed by atoms with van der Waals surface area (Å²) in [5.41, 5.74) is 1.25. The van der Waals surface area contributed by atoms with E-state index in [2.05, 4.69) is 4.72 Å². The number of para-hydroxylation sites is 1. The second kappa shape index (κ2) is 8.53. The van der Waals surface area contributed by atoms with E-state index in [0.717, 1.165) is 5.56 Å². The lowest BCUT2D eigenvalue weighted by molar-refractivity contribution is 0.0527. The van der Waals surface area contributed by atoms with Crippen molar-refractivity contribution in [2.24, 2.45) is 0 Å². The molecule has 2 aromatic rings. The number of aryl methyl sites for hydroxylation is 1. The van der Waals surface area contributed by atoms with Gasteiger partial charge in [-0.2, -0.15) is 0 Å². The molecule has 0 aliphatic rings. The van der Waals surface area contributed by atoms with Crippen molar-refractivity contribution in [1.29, 1.82) is 0 Å². The van der Waals surface area contributed by atoms with Gasteiger partial charge in [-0.25, -0.2) is 13.2 Å². The number of rotatable bonds is 8. The highest BCUT2D eigenvalue weighted by Gasteiger charge is 2.17. The van der Waals surface area contributed by atoms with Crippen molar-refractivity contribution in [2.75, 3.05) is 24.2 Å². The molecule has 0 fully saturated rings. The number of carbonyl (C=O) groups is 1. The Morgan fingerprint density at radius 3 is 2.60 bits per heavy atom. The molecule has 0 aliphatic heterocycles. The summed E-state index contributed by atoms with van der Waals surface area (Å²) in [6, 6.07) is 13.6. The van der Waals surface area contributed by atoms with E-state index >= 15 is 0 Å². The van der Waals surface area contributed by atoms with Crippen LogP contribution in [0.2, 0.25) is 0 Å². The zero-order chi connectivity index (χ0) is 18.3. The molecule has 0 saturated carbocycles. The number of hydrogen-bond donors (Lipinski definition) is 1. The van der Waals surface area contributed by atoms with Gasteiger partial charge in [0.15, 0.2) is 0 Å². The van der Waals surface area contributed by atoms with Crippen molar-refractivity contribution in [1.82, 2.24) is 0 Å². The number of anilines is 1. The van der Waals surface area contributed by atoms with Crippen molar-refractivity contribution in [3.05, 3.63) is 59.7 Å². The minimum absolute atomic E-state index is 0.114. The van der Waals surface area contributed by atoms with Gasteiger partial charge in [0.05, 0.1) is 30.7 Å². The van der Waals surface area contributed by atoms with E-state index in [1.807, 2.05) is 12.1 Å². The van der Waals surface area contributed by atoms with E-state index in [-0.39, 0.29) is 23.6 Å². The van der Waals surface area contributed by atoms with Gasteiger partial charge >= 0.3 is 5.97 Å². The van der Waals surface area contributed by atoms with Crippen molar-refractivity contribution in [3.63, 3.8) is 0 Å². The third-order valence-corrected chi connectivity index (χ3v) is 4.75. The number of benzene rings is 2. The molecule has 0 saturated heterocycles. The average Bonchev–Trinajstić information content (AvgIpc) is 2.60. The minimum Gasteiger partial charge on any atom is -0.497 e. The van der Waals surface area contributed by atoms with E-state index in [0.29, 0.717) is 12.2 Å². The van der Waals surface area contributed by atoms with Gasteiger partial charge < -0.3 is 9.47 Å². The van der Waals surface area contributed by atoms with E-state index in [1.165, 1.54) is 12.1 Å². The maximum Gasteiger partial charge on any atom is 0.340 e. The molecule has 0 atom stereocenters. The first-order valence-corrected chi connectivity index (χ1v) is 9.50. The molecule has 0 amide bonds. The molecule has 1 N–H and O–H groups in total. The van der Waals surface area contributed by atoms with Gasteiger partial charge in [-0.15, -0.1) is 0 Å². The monoisotopic (exact) mass is 363 g/mol. The first kappa shape index (κ1) is 18.8. The number of nitrogens with one attached hydrogen (secondary N) is 1. The Hall–Kier alpha value is -2.54. The number of ether oxygens (including phenoxy) is 2. The first-order valence-electron chi connectivity index (χ1n) is 7.84. The zero-order valence-electron chi connectivity index (χ0n) is 14.2. The highest BCUT2D eigenvalue weighted by atomic mass is 32.2. The number of carbonyl (C=O) groups excluding carboxylic acids is 1. The number of esters is 1. The largest absolute Gasteiger partial charge is 0.497 e. The van der Waals surface area contributed by atoms with E-state index in [9.17, 15) is 13.2 Å². The van der Waals surface area contributed by atoms with Crippen LogP contribution in [0.4, 0.5) is 5.69 Å². The molecule has 0 aromatic heterocycles. The van der Waals surface area contributed by atoms with Crippen LogP contribution in [0.1, 0.15) is 22.8 Å². The summed E-state index contributed by atoms with van der Waals surface area (Å²) in [7, 11) is -2.06. The predicted molar refractivity (Wildman–Crippen MR) is 96.5 cm³/mol. The highest BCUT2D eigenvalue weighted by molar-refractivity contribution is 7.92. The maximum atomic E-state index is 12.4. The van der Waals surface area contributed by atoms with Gasteiger partial charge in [-0.05, 0) is 43.2 Å². The summed E-state index contributed by atoms with van der Waals surface area (Å²) < 4.78 is 37.3. The molecule has 0 radical (unpaired) electrons. The molecule has 25 heavy (non-hydrogen) atoms. The second-order valence-electron chi connectivity index (χ2n) is 5.29. The number of hydrogen-bond acceptors (Lipinski definition) is 5. The van der Waals surface area contributed by atoms with Gasteiger partial charge in [0.2, 0.25) is 10.0 Å². The third-order valence-electron chi connectivity index (χ3n) is 3.48. The summed E-state index contributed by atoms with van der Waals surface area (Å²) in [6.45, 7) is 1.91. The quantitative estimate of drug-likeness (QED) is 0.729. The molecule has 2 aromatic carbocycles. The Bertz CT molecular complexity index is 833. The van der Waals surface area contributed by atoms with E-state index < -0.39 is 16.0 Å². The zero-order valence-corrected chi connectivity index (χ0v) is 15.0. The molecule has 2 rings (SSSR count). The van der Waals surface area contributed by atoms with Crippen LogP contribution in [0.15, 0.2) is 48.5 Å². The van der Waals surface area contributed by atoms with Gasteiger partial charge in [0.1, 0.15) is 5.75 Å². The van der Waals surface area contributed by atoms with Crippen LogP contribution in [0.25, 0.3) is 0 Å². The van der Waals surface area contributed by atoms with Gasteiger partial charge in [0.25, 0.3) is 0 Å². The predicted octanol–water partition coefficient (Wildman–Crippen LogP) is 2.86. The second-order valence-corrected chi connectivity index (χ2v) is 7.13. The van der Waals surface area contributed by atoms with Crippen LogP contribution < -0.4 is 9.46 Å². The summed E-state index contributed by atoms with van der Waals surface area (Å²) >= 11 is 0. The molecule has 0 unspecified atom stereocenters.